The van der Waals surface area contributed by atoms with E-state index < -0.39 is 5.92 Å². The average Bonchev–Trinajstić information content (AvgIpc) is 1.92. The van der Waals surface area contributed by atoms with E-state index in [1.54, 1.807) is 0 Å². The van der Waals surface area contributed by atoms with E-state index in [1.807, 2.05) is 0 Å². The summed E-state index contributed by atoms with van der Waals surface area (Å²) in [5, 5.41) is 0. The zero-order chi connectivity index (χ0) is 6.74. The molecule has 0 fully saturated rings. The molecule has 1 aliphatic heterocycles. The third-order valence-electron chi connectivity index (χ3n) is 1.35. The number of nitrogens with zero attached hydrogens (tertiary/aromatic N) is 1. The number of hydrogen-bond acceptors (Lipinski definition) is 1. The van der Waals surface area contributed by atoms with Crippen molar-refractivity contribution in [2.24, 2.45) is 4.99 Å². The van der Waals surface area contributed by atoms with Gasteiger partial charge in [0.2, 0.25) is 0 Å². The Labute approximate surface area is 64.9 Å². The fourth-order valence-corrected chi connectivity index (χ4v) is 0.820. The van der Waals surface area contributed by atoms with Crippen molar-refractivity contribution < 1.29 is 8.78 Å². The molecule has 0 aliphatic carbocycles. The largest absolute Gasteiger partial charge is 0.297 e. The van der Waals surface area contributed by atoms with Crippen molar-refractivity contribution >= 4 is 18.6 Å². The van der Waals surface area contributed by atoms with Crippen LogP contribution in [0.3, 0.4) is 0 Å². The van der Waals surface area contributed by atoms with E-state index in [9.17, 15) is 8.78 Å². The number of rotatable bonds is 0. The van der Waals surface area contributed by atoms with Crippen molar-refractivity contribution in [2.75, 3.05) is 6.54 Å². The Morgan fingerprint density at radius 3 is 2.80 bits per heavy atom. The highest BCUT2D eigenvalue weighted by Crippen LogP contribution is 2.24. The van der Waals surface area contributed by atoms with Gasteiger partial charge in [0.05, 0.1) is 0 Å². The van der Waals surface area contributed by atoms with E-state index in [4.69, 9.17) is 0 Å². The molecule has 0 saturated carbocycles. The van der Waals surface area contributed by atoms with Gasteiger partial charge >= 0.3 is 0 Å². The van der Waals surface area contributed by atoms with Gasteiger partial charge < -0.3 is 0 Å². The molecule has 1 heterocycles. The zero-order valence-corrected chi connectivity index (χ0v) is 6.33. The second-order valence-corrected chi connectivity index (χ2v) is 2.25. The summed E-state index contributed by atoms with van der Waals surface area (Å²) in [6.45, 7) is 0.565. The Balaban J connectivity index is 0.000000810. The molecule has 0 bridgehead atoms. The molecule has 0 radical (unpaired) electrons. The van der Waals surface area contributed by atoms with E-state index in [1.165, 1.54) is 6.21 Å². The SMILES string of the molecule is Cl.FC1(F)CC=NCCC1. The lowest BCUT2D eigenvalue weighted by atomic mass is 10.1. The third-order valence-corrected chi connectivity index (χ3v) is 1.35. The second kappa shape index (κ2) is 3.86. The second-order valence-electron chi connectivity index (χ2n) is 2.25. The van der Waals surface area contributed by atoms with E-state index in [-0.39, 0.29) is 25.2 Å². The zero-order valence-electron chi connectivity index (χ0n) is 5.52. The van der Waals surface area contributed by atoms with Crippen LogP contribution >= 0.6 is 12.4 Å². The normalized spacial score (nSPS) is 23.0. The number of hydrogen-bond donors (Lipinski definition) is 0. The van der Waals surface area contributed by atoms with Crippen LogP contribution in [0.1, 0.15) is 19.3 Å². The van der Waals surface area contributed by atoms with Crippen LogP contribution in [0.5, 0.6) is 0 Å². The fraction of sp³-hybridized carbons (Fsp3) is 0.833. The van der Waals surface area contributed by atoms with E-state index >= 15 is 0 Å². The summed E-state index contributed by atoms with van der Waals surface area (Å²) < 4.78 is 24.7. The molecule has 0 spiro atoms. The minimum absolute atomic E-state index is 0. The molecular weight excluding hydrogens is 160 g/mol. The lowest BCUT2D eigenvalue weighted by molar-refractivity contribution is 0.00165. The summed E-state index contributed by atoms with van der Waals surface area (Å²) in [5.74, 6) is -2.49. The van der Waals surface area contributed by atoms with Crippen LogP contribution in [0.4, 0.5) is 8.78 Å². The molecule has 1 rings (SSSR count). The molecule has 0 aromatic carbocycles. The van der Waals surface area contributed by atoms with Gasteiger partial charge in [-0.15, -0.1) is 12.4 Å². The highest BCUT2D eigenvalue weighted by Gasteiger charge is 2.27. The molecule has 0 amide bonds. The third kappa shape index (κ3) is 3.11. The van der Waals surface area contributed by atoms with Gasteiger partial charge in [-0.1, -0.05) is 0 Å². The first-order valence-corrected chi connectivity index (χ1v) is 3.07. The van der Waals surface area contributed by atoms with E-state index in [0.29, 0.717) is 13.0 Å². The maximum Gasteiger partial charge on any atom is 0.253 e. The molecule has 1 aliphatic rings. The average molecular weight is 170 g/mol. The first-order valence-electron chi connectivity index (χ1n) is 3.07. The minimum atomic E-state index is -2.49. The van der Waals surface area contributed by atoms with Crippen molar-refractivity contribution in [1.29, 1.82) is 0 Å². The highest BCUT2D eigenvalue weighted by molar-refractivity contribution is 5.85. The Kier molecular flexibility index (Phi) is 3.79. The van der Waals surface area contributed by atoms with E-state index in [0.717, 1.165) is 0 Å². The molecular formula is C6H10ClF2N. The molecule has 0 N–H and O–H groups in total. The molecule has 60 valence electrons. The van der Waals surface area contributed by atoms with Gasteiger partial charge in [0.25, 0.3) is 5.92 Å². The molecule has 0 aromatic rings. The smallest absolute Gasteiger partial charge is 0.253 e. The Morgan fingerprint density at radius 2 is 2.10 bits per heavy atom. The van der Waals surface area contributed by atoms with Gasteiger partial charge in [0.15, 0.2) is 0 Å². The summed E-state index contributed by atoms with van der Waals surface area (Å²) in [7, 11) is 0. The monoisotopic (exact) mass is 169 g/mol. The van der Waals surface area contributed by atoms with Gasteiger partial charge in [-0.05, 0) is 6.42 Å². The van der Waals surface area contributed by atoms with Crippen LogP contribution < -0.4 is 0 Å². The molecule has 0 unspecified atom stereocenters. The molecule has 0 saturated heterocycles. The maximum absolute atomic E-state index is 12.4. The Morgan fingerprint density at radius 1 is 1.40 bits per heavy atom. The lowest BCUT2D eigenvalue weighted by Gasteiger charge is -2.09. The van der Waals surface area contributed by atoms with Crippen LogP contribution in [0.15, 0.2) is 4.99 Å². The highest BCUT2D eigenvalue weighted by atomic mass is 35.5. The maximum atomic E-state index is 12.4. The number of alkyl halides is 2. The van der Waals surface area contributed by atoms with Gasteiger partial charge in [-0.3, -0.25) is 4.99 Å². The van der Waals surface area contributed by atoms with Crippen molar-refractivity contribution in [3.63, 3.8) is 0 Å². The number of halogens is 3. The van der Waals surface area contributed by atoms with Crippen LogP contribution in [0, 0.1) is 0 Å². The van der Waals surface area contributed by atoms with E-state index in [2.05, 4.69) is 4.99 Å². The van der Waals surface area contributed by atoms with Crippen LogP contribution in [0.25, 0.3) is 0 Å². The molecule has 0 aromatic heterocycles. The molecule has 1 nitrogen and oxygen atoms in total. The topological polar surface area (TPSA) is 12.4 Å². The van der Waals surface area contributed by atoms with Gasteiger partial charge in [-0.2, -0.15) is 0 Å². The molecule has 4 heteroatoms. The fourth-order valence-electron chi connectivity index (χ4n) is 0.820. The van der Waals surface area contributed by atoms with Crippen molar-refractivity contribution in [2.45, 2.75) is 25.2 Å². The Hall–Kier alpha value is -0.180. The first-order chi connectivity index (χ1) is 4.21. The van der Waals surface area contributed by atoms with Gasteiger partial charge in [0.1, 0.15) is 0 Å². The summed E-state index contributed by atoms with van der Waals surface area (Å²) in [6, 6.07) is 0. The summed E-state index contributed by atoms with van der Waals surface area (Å²) >= 11 is 0. The quantitative estimate of drug-likeness (QED) is 0.528. The van der Waals surface area contributed by atoms with Gasteiger partial charge in [0, 0.05) is 25.6 Å². The minimum Gasteiger partial charge on any atom is -0.297 e. The van der Waals surface area contributed by atoms with Crippen LogP contribution in [-0.2, 0) is 0 Å². The van der Waals surface area contributed by atoms with Crippen molar-refractivity contribution in [1.82, 2.24) is 0 Å². The summed E-state index contributed by atoms with van der Waals surface area (Å²) in [4.78, 5) is 3.76. The van der Waals surface area contributed by atoms with Gasteiger partial charge in [-0.25, -0.2) is 8.78 Å². The van der Waals surface area contributed by atoms with Crippen LogP contribution in [0.2, 0.25) is 0 Å². The predicted octanol–water partition coefficient (Wildman–Crippen LogP) is 2.30. The lowest BCUT2D eigenvalue weighted by Crippen LogP contribution is -2.14. The number of aliphatic imine (C=N–C) groups is 1. The standard InChI is InChI=1S/C6H9F2N.ClH/c7-6(8)2-1-4-9-5-3-6;/h5H,1-4H2;1H. The predicted molar refractivity (Wildman–Crippen MR) is 39.4 cm³/mol. The molecule has 0 atom stereocenters. The first kappa shape index (κ1) is 9.82. The summed E-state index contributed by atoms with van der Waals surface area (Å²) in [5.41, 5.74) is 0. The Bertz CT molecular complexity index is 125. The van der Waals surface area contributed by atoms with Crippen LogP contribution in [-0.4, -0.2) is 18.7 Å². The van der Waals surface area contributed by atoms with Crippen molar-refractivity contribution in [3.05, 3.63) is 0 Å². The summed E-state index contributed by atoms with van der Waals surface area (Å²) in [6.07, 6.45) is 1.66. The van der Waals surface area contributed by atoms with Crippen molar-refractivity contribution in [3.8, 4) is 0 Å². The molecule has 10 heavy (non-hydrogen) atoms.